The molecule has 3 rings (SSSR count). The Bertz CT molecular complexity index is 845. The average molecular weight is 302 g/mol. The topological polar surface area (TPSA) is 71.4 Å². The van der Waals surface area contributed by atoms with Crippen molar-refractivity contribution in [2.75, 3.05) is 0 Å². The second-order valence-corrected chi connectivity index (χ2v) is 7.54. The number of aliphatic carboxylic acids is 1. The van der Waals surface area contributed by atoms with E-state index in [0.717, 1.165) is 16.8 Å². The predicted molar refractivity (Wildman–Crippen MR) is 79.9 cm³/mol. The molecular weight excluding hydrogens is 288 g/mol. The summed E-state index contributed by atoms with van der Waals surface area (Å²) in [5.74, 6) is -1.13. The highest BCUT2D eigenvalue weighted by Gasteiger charge is 2.53. The lowest BCUT2D eigenvalue weighted by molar-refractivity contribution is -0.131. The first-order valence-corrected chi connectivity index (χ1v) is 8.09. The zero-order chi connectivity index (χ0) is 15.1. The minimum absolute atomic E-state index is 0.244. The Labute approximate surface area is 122 Å². The highest BCUT2D eigenvalue weighted by Crippen LogP contribution is 2.48. The van der Waals surface area contributed by atoms with Gasteiger partial charge in [-0.3, -0.25) is 0 Å². The Morgan fingerprint density at radius 3 is 2.38 bits per heavy atom. The molecule has 21 heavy (non-hydrogen) atoms. The van der Waals surface area contributed by atoms with Crippen molar-refractivity contribution in [2.45, 2.75) is 22.5 Å². The normalized spacial score (nSPS) is 17.1. The van der Waals surface area contributed by atoms with Gasteiger partial charge >= 0.3 is 5.97 Å². The number of rotatable bonds is 4. The molecular formula is C16H14O4S. The van der Waals surface area contributed by atoms with Crippen LogP contribution in [0.5, 0.6) is 0 Å². The molecule has 0 saturated heterocycles. The van der Waals surface area contributed by atoms with E-state index in [-0.39, 0.29) is 4.90 Å². The minimum atomic E-state index is -3.56. The zero-order valence-electron chi connectivity index (χ0n) is 11.2. The number of carbonyl (C=O) groups is 1. The molecule has 2 aromatic rings. The van der Waals surface area contributed by atoms with Gasteiger partial charge in [0, 0.05) is 6.08 Å². The molecule has 2 aromatic carbocycles. The maximum Gasteiger partial charge on any atom is 0.328 e. The van der Waals surface area contributed by atoms with Crippen LogP contribution in [0.1, 0.15) is 12.8 Å². The van der Waals surface area contributed by atoms with E-state index in [9.17, 15) is 13.2 Å². The number of benzene rings is 2. The van der Waals surface area contributed by atoms with Crippen LogP contribution in [-0.4, -0.2) is 24.2 Å². The van der Waals surface area contributed by atoms with Crippen LogP contribution in [-0.2, 0) is 14.6 Å². The van der Waals surface area contributed by atoms with Crippen molar-refractivity contribution >= 4 is 26.6 Å². The highest BCUT2D eigenvalue weighted by atomic mass is 32.2. The first kappa shape index (κ1) is 13.8. The zero-order valence-corrected chi connectivity index (χ0v) is 12.0. The molecule has 0 aromatic heterocycles. The van der Waals surface area contributed by atoms with Crippen LogP contribution < -0.4 is 0 Å². The number of hydrogen-bond donors (Lipinski definition) is 1. The van der Waals surface area contributed by atoms with Gasteiger partial charge in [-0.1, -0.05) is 36.4 Å². The molecule has 5 heteroatoms. The van der Waals surface area contributed by atoms with Crippen LogP contribution >= 0.6 is 0 Å². The first-order chi connectivity index (χ1) is 9.95. The molecule has 0 radical (unpaired) electrons. The average Bonchev–Trinajstić information content (AvgIpc) is 3.26. The van der Waals surface area contributed by atoms with Gasteiger partial charge in [0.1, 0.15) is 0 Å². The summed E-state index contributed by atoms with van der Waals surface area (Å²) >= 11 is 0. The standard InChI is InChI=1S/C16H14O4S/c17-15(18)7-8-16(9-10-16)21(19,20)14-6-5-12-3-1-2-4-13(12)11-14/h1-8,11H,9-10H2,(H,17,18)/b8-7+. The fourth-order valence-electron chi connectivity index (χ4n) is 2.44. The summed E-state index contributed by atoms with van der Waals surface area (Å²) in [5, 5.41) is 10.5. The SMILES string of the molecule is O=C(O)/C=C/C1(S(=O)(=O)c2ccc3ccccc3c2)CC1. The molecule has 0 spiro atoms. The Kier molecular flexibility index (Phi) is 3.10. The van der Waals surface area contributed by atoms with Crippen LogP contribution in [0.25, 0.3) is 10.8 Å². The van der Waals surface area contributed by atoms with Crippen molar-refractivity contribution in [1.82, 2.24) is 0 Å². The molecule has 1 fully saturated rings. The summed E-state index contributed by atoms with van der Waals surface area (Å²) in [6.07, 6.45) is 3.16. The Morgan fingerprint density at radius 2 is 1.76 bits per heavy atom. The second-order valence-electron chi connectivity index (χ2n) is 5.25. The lowest BCUT2D eigenvalue weighted by Crippen LogP contribution is -2.21. The van der Waals surface area contributed by atoms with Crippen molar-refractivity contribution in [3.8, 4) is 0 Å². The number of hydrogen-bond acceptors (Lipinski definition) is 3. The molecule has 1 N–H and O–H groups in total. The smallest absolute Gasteiger partial charge is 0.328 e. The van der Waals surface area contributed by atoms with E-state index in [1.165, 1.54) is 6.08 Å². The quantitative estimate of drug-likeness (QED) is 0.882. The van der Waals surface area contributed by atoms with Gasteiger partial charge in [-0.25, -0.2) is 13.2 Å². The first-order valence-electron chi connectivity index (χ1n) is 6.60. The van der Waals surface area contributed by atoms with E-state index in [1.807, 2.05) is 24.3 Å². The van der Waals surface area contributed by atoms with Crippen molar-refractivity contribution in [2.24, 2.45) is 0 Å². The predicted octanol–water partition coefficient (Wildman–Crippen LogP) is 2.79. The van der Waals surface area contributed by atoms with Crippen molar-refractivity contribution in [3.05, 3.63) is 54.6 Å². The van der Waals surface area contributed by atoms with Crippen molar-refractivity contribution in [1.29, 1.82) is 0 Å². The Hall–Kier alpha value is -2.14. The van der Waals surface area contributed by atoms with Gasteiger partial charge in [0.05, 0.1) is 9.64 Å². The summed E-state index contributed by atoms with van der Waals surface area (Å²) in [6, 6.07) is 12.6. The molecule has 108 valence electrons. The molecule has 0 amide bonds. The van der Waals surface area contributed by atoms with Gasteiger partial charge in [0.2, 0.25) is 0 Å². The largest absolute Gasteiger partial charge is 0.478 e. The lowest BCUT2D eigenvalue weighted by atomic mass is 10.1. The minimum Gasteiger partial charge on any atom is -0.478 e. The van der Waals surface area contributed by atoms with Gasteiger partial charge in [-0.05, 0) is 35.7 Å². The van der Waals surface area contributed by atoms with E-state index in [1.54, 1.807) is 18.2 Å². The van der Waals surface area contributed by atoms with Gasteiger partial charge in [0.15, 0.2) is 9.84 Å². The van der Waals surface area contributed by atoms with E-state index in [2.05, 4.69) is 0 Å². The van der Waals surface area contributed by atoms with E-state index < -0.39 is 20.6 Å². The van der Waals surface area contributed by atoms with Gasteiger partial charge in [0.25, 0.3) is 0 Å². The van der Waals surface area contributed by atoms with Gasteiger partial charge in [-0.2, -0.15) is 0 Å². The molecule has 1 aliphatic rings. The third-order valence-electron chi connectivity index (χ3n) is 3.84. The summed E-state index contributed by atoms with van der Waals surface area (Å²) in [7, 11) is -3.56. The summed E-state index contributed by atoms with van der Waals surface area (Å²) < 4.78 is 24.4. The molecule has 0 bridgehead atoms. The number of carboxylic acid groups (broad SMARTS) is 1. The van der Waals surface area contributed by atoms with Crippen molar-refractivity contribution < 1.29 is 18.3 Å². The summed E-state index contributed by atoms with van der Waals surface area (Å²) in [5.41, 5.74) is 0. The van der Waals surface area contributed by atoms with Crippen LogP contribution in [0, 0.1) is 0 Å². The maximum absolute atomic E-state index is 12.7. The molecule has 0 heterocycles. The van der Waals surface area contributed by atoms with Crippen LogP contribution in [0.4, 0.5) is 0 Å². The second kappa shape index (κ2) is 4.70. The van der Waals surface area contributed by atoms with E-state index >= 15 is 0 Å². The number of sulfone groups is 1. The third kappa shape index (κ3) is 2.34. The molecule has 0 atom stereocenters. The highest BCUT2D eigenvalue weighted by molar-refractivity contribution is 7.93. The summed E-state index contributed by atoms with van der Waals surface area (Å²) in [6.45, 7) is 0. The van der Waals surface area contributed by atoms with Crippen LogP contribution in [0.2, 0.25) is 0 Å². The van der Waals surface area contributed by atoms with Crippen LogP contribution in [0.3, 0.4) is 0 Å². The van der Waals surface area contributed by atoms with E-state index in [4.69, 9.17) is 5.11 Å². The molecule has 4 nitrogen and oxygen atoms in total. The van der Waals surface area contributed by atoms with E-state index in [0.29, 0.717) is 12.8 Å². The Morgan fingerprint density at radius 1 is 1.10 bits per heavy atom. The van der Waals surface area contributed by atoms with Crippen molar-refractivity contribution in [3.63, 3.8) is 0 Å². The number of carboxylic acids is 1. The van der Waals surface area contributed by atoms with Crippen LogP contribution in [0.15, 0.2) is 59.5 Å². The third-order valence-corrected chi connectivity index (χ3v) is 6.33. The fraction of sp³-hybridized carbons (Fsp3) is 0.188. The maximum atomic E-state index is 12.7. The Balaban J connectivity index is 2.06. The fourth-order valence-corrected chi connectivity index (χ4v) is 4.33. The molecule has 1 saturated carbocycles. The number of fused-ring (bicyclic) bond motifs is 1. The summed E-state index contributed by atoms with van der Waals surface area (Å²) in [4.78, 5) is 10.9. The molecule has 0 aliphatic heterocycles. The molecule has 1 aliphatic carbocycles. The van der Waals surface area contributed by atoms with Gasteiger partial charge in [-0.15, -0.1) is 0 Å². The molecule has 0 unspecified atom stereocenters. The lowest BCUT2D eigenvalue weighted by Gasteiger charge is -2.12. The van der Waals surface area contributed by atoms with Gasteiger partial charge < -0.3 is 5.11 Å². The monoisotopic (exact) mass is 302 g/mol.